The highest BCUT2D eigenvalue weighted by atomic mass is 16.5. The van der Waals surface area contributed by atoms with E-state index in [-0.39, 0.29) is 28.5 Å². The summed E-state index contributed by atoms with van der Waals surface area (Å²) in [6.07, 6.45) is 4.33. The van der Waals surface area contributed by atoms with Gasteiger partial charge in [0.05, 0.1) is 18.8 Å². The molecule has 5 rings (SSSR count). The average molecular weight is 721 g/mol. The number of carbonyl (C=O) groups is 4. The van der Waals surface area contributed by atoms with E-state index in [1.54, 1.807) is 24.5 Å². The van der Waals surface area contributed by atoms with Gasteiger partial charge in [0.25, 0.3) is 23.6 Å². The van der Waals surface area contributed by atoms with Crippen LogP contribution in [0.1, 0.15) is 67.2 Å². The number of aliphatic hydroxyl groups excluding tert-OH is 2. The third-order valence-corrected chi connectivity index (χ3v) is 8.56. The number of ether oxygens (including phenoxy) is 1. The van der Waals surface area contributed by atoms with Crippen molar-refractivity contribution in [1.29, 1.82) is 0 Å². The fourth-order valence-corrected chi connectivity index (χ4v) is 5.63. The lowest BCUT2D eigenvalue weighted by atomic mass is 10.1. The van der Waals surface area contributed by atoms with Crippen LogP contribution in [0.2, 0.25) is 0 Å². The van der Waals surface area contributed by atoms with E-state index in [1.165, 1.54) is 32.0 Å². The summed E-state index contributed by atoms with van der Waals surface area (Å²) in [5.41, 5.74) is -0.0798. The van der Waals surface area contributed by atoms with E-state index in [2.05, 4.69) is 38.2 Å². The molecular formula is C40H44N6O7. The van der Waals surface area contributed by atoms with Crippen LogP contribution < -0.4 is 26.0 Å². The van der Waals surface area contributed by atoms with Gasteiger partial charge in [0.2, 0.25) is 0 Å². The van der Waals surface area contributed by atoms with Gasteiger partial charge in [-0.25, -0.2) is 9.97 Å². The van der Waals surface area contributed by atoms with Gasteiger partial charge in [0.1, 0.15) is 29.5 Å². The summed E-state index contributed by atoms with van der Waals surface area (Å²) >= 11 is 0. The second-order valence-corrected chi connectivity index (χ2v) is 12.9. The SMILES string of the molecule is CCCCCCOc1cc(C(=O)N[C@H](C(=O)Nc2cc3ccccc3cn2)[C@@H](C)O)cc(C(=O)N[C@H](C(=O)Nc2cc3ccccc3cn2)[C@@H](C)O)c1. The van der Waals surface area contributed by atoms with Crippen molar-refractivity contribution < 1.29 is 34.1 Å². The Labute approximate surface area is 307 Å². The zero-order valence-corrected chi connectivity index (χ0v) is 29.8. The van der Waals surface area contributed by atoms with Crippen LogP contribution in [-0.2, 0) is 9.59 Å². The summed E-state index contributed by atoms with van der Waals surface area (Å²) in [4.78, 5) is 62.4. The number of amides is 4. The van der Waals surface area contributed by atoms with Crippen LogP contribution in [0, 0.1) is 0 Å². The van der Waals surface area contributed by atoms with Gasteiger partial charge in [0.15, 0.2) is 0 Å². The van der Waals surface area contributed by atoms with Crippen molar-refractivity contribution >= 4 is 56.8 Å². The minimum absolute atomic E-state index is 0.0399. The number of fused-ring (bicyclic) bond motifs is 2. The highest BCUT2D eigenvalue weighted by Crippen LogP contribution is 2.21. The molecule has 0 spiro atoms. The Morgan fingerprint density at radius 3 is 1.53 bits per heavy atom. The zero-order valence-electron chi connectivity index (χ0n) is 29.8. The molecule has 0 saturated carbocycles. The van der Waals surface area contributed by atoms with Gasteiger partial charge in [-0.1, -0.05) is 74.7 Å². The van der Waals surface area contributed by atoms with Crippen molar-refractivity contribution in [3.8, 4) is 5.75 Å². The van der Waals surface area contributed by atoms with E-state index in [4.69, 9.17) is 4.74 Å². The summed E-state index contributed by atoms with van der Waals surface area (Å²) in [7, 11) is 0. The van der Waals surface area contributed by atoms with Crippen LogP contribution in [0.5, 0.6) is 5.75 Å². The Morgan fingerprint density at radius 1 is 0.642 bits per heavy atom. The predicted octanol–water partition coefficient (Wildman–Crippen LogP) is 4.98. The lowest BCUT2D eigenvalue weighted by Gasteiger charge is -2.22. The number of hydrogen-bond acceptors (Lipinski definition) is 9. The maximum absolute atomic E-state index is 13.7. The molecule has 13 heteroatoms. The molecule has 2 aromatic heterocycles. The largest absolute Gasteiger partial charge is 0.494 e. The van der Waals surface area contributed by atoms with E-state index in [9.17, 15) is 29.4 Å². The minimum atomic E-state index is -1.39. The quantitative estimate of drug-likeness (QED) is 0.0764. The molecule has 6 N–H and O–H groups in total. The number of nitrogens with one attached hydrogen (secondary N) is 4. The van der Waals surface area contributed by atoms with Gasteiger partial charge in [-0.2, -0.15) is 0 Å². The molecular weight excluding hydrogens is 676 g/mol. The van der Waals surface area contributed by atoms with Crippen molar-refractivity contribution in [3.63, 3.8) is 0 Å². The molecule has 4 atom stereocenters. The molecule has 0 saturated heterocycles. The fraction of sp³-hybridized carbons (Fsp3) is 0.300. The van der Waals surface area contributed by atoms with E-state index in [0.717, 1.165) is 47.2 Å². The van der Waals surface area contributed by atoms with Crippen molar-refractivity contribution in [2.45, 2.75) is 70.7 Å². The molecule has 3 aromatic carbocycles. The summed E-state index contributed by atoms with van der Waals surface area (Å²) in [6.45, 7) is 5.14. The predicted molar refractivity (Wildman–Crippen MR) is 203 cm³/mol. The molecule has 2 heterocycles. The van der Waals surface area contributed by atoms with Gasteiger partial charge in [0, 0.05) is 34.3 Å². The number of unbranched alkanes of at least 4 members (excludes halogenated alkanes) is 3. The maximum Gasteiger partial charge on any atom is 0.252 e. The van der Waals surface area contributed by atoms with Crippen LogP contribution >= 0.6 is 0 Å². The van der Waals surface area contributed by atoms with Crippen LogP contribution in [0.25, 0.3) is 21.5 Å². The zero-order chi connectivity index (χ0) is 37.9. The van der Waals surface area contributed by atoms with Crippen molar-refractivity contribution in [2.75, 3.05) is 17.2 Å². The Morgan fingerprint density at radius 2 is 1.09 bits per heavy atom. The highest BCUT2D eigenvalue weighted by Gasteiger charge is 2.29. The minimum Gasteiger partial charge on any atom is -0.494 e. The van der Waals surface area contributed by atoms with E-state index in [1.807, 2.05) is 48.5 Å². The third-order valence-electron chi connectivity index (χ3n) is 8.56. The lowest BCUT2D eigenvalue weighted by molar-refractivity contribution is -0.121. The van der Waals surface area contributed by atoms with Gasteiger partial charge < -0.3 is 36.2 Å². The molecule has 0 fully saturated rings. The summed E-state index contributed by atoms with van der Waals surface area (Å²) in [6, 6.07) is 19.7. The number of carbonyl (C=O) groups excluding carboxylic acids is 4. The second-order valence-electron chi connectivity index (χ2n) is 12.9. The van der Waals surface area contributed by atoms with Crippen LogP contribution in [0.4, 0.5) is 11.6 Å². The highest BCUT2D eigenvalue weighted by molar-refractivity contribution is 6.05. The third kappa shape index (κ3) is 10.3. The standard InChI is InChI=1S/C40H44N6O7/c1-4-5-6-11-16-53-32-18-30(37(49)45-35(24(2)47)39(51)43-33-20-26-12-7-9-14-28(26)22-41-33)17-31(19-32)38(50)46-36(25(3)48)40(52)44-34-21-27-13-8-10-15-29(27)23-42-34/h7-10,12-15,17-25,35-36,47-48H,4-6,11,16H2,1-3H3,(H,45,49)(H,46,50)(H,41,43,51)(H,42,44,52)/t24-,25-,35+,36+/m1/s1. The first-order valence-corrected chi connectivity index (χ1v) is 17.6. The van der Waals surface area contributed by atoms with Gasteiger partial charge >= 0.3 is 0 Å². The van der Waals surface area contributed by atoms with Crippen LogP contribution in [-0.4, -0.2) is 74.7 Å². The Kier molecular flexibility index (Phi) is 13.0. The van der Waals surface area contributed by atoms with E-state index >= 15 is 0 Å². The average Bonchev–Trinajstić information content (AvgIpc) is 3.15. The molecule has 0 radical (unpaired) electrons. The van der Waals surface area contributed by atoms with Gasteiger partial charge in [-0.15, -0.1) is 0 Å². The van der Waals surface area contributed by atoms with Crippen molar-refractivity contribution in [3.05, 3.63) is 102 Å². The molecule has 4 amide bonds. The number of rotatable bonds is 16. The van der Waals surface area contributed by atoms with E-state index < -0.39 is 47.9 Å². The topological polar surface area (TPSA) is 192 Å². The lowest BCUT2D eigenvalue weighted by Crippen LogP contribution is -2.50. The van der Waals surface area contributed by atoms with Crippen LogP contribution in [0.15, 0.2) is 91.3 Å². The first-order chi connectivity index (χ1) is 25.5. The fourth-order valence-electron chi connectivity index (χ4n) is 5.63. The van der Waals surface area contributed by atoms with Gasteiger partial charge in [-0.3, -0.25) is 19.2 Å². The number of nitrogens with zero attached hydrogens (tertiary/aromatic N) is 2. The Hall–Kier alpha value is -5.92. The molecule has 53 heavy (non-hydrogen) atoms. The van der Waals surface area contributed by atoms with Crippen molar-refractivity contribution in [2.24, 2.45) is 0 Å². The first-order valence-electron chi connectivity index (χ1n) is 17.6. The molecule has 0 unspecified atom stereocenters. The Balaban J connectivity index is 1.34. The summed E-state index contributed by atoms with van der Waals surface area (Å²) in [5, 5.41) is 34.9. The van der Waals surface area contributed by atoms with Gasteiger partial charge in [-0.05, 0) is 61.4 Å². The molecule has 5 aromatic rings. The summed E-state index contributed by atoms with van der Waals surface area (Å²) < 4.78 is 5.93. The Bertz CT molecular complexity index is 1950. The molecule has 13 nitrogen and oxygen atoms in total. The number of anilines is 2. The molecule has 276 valence electrons. The van der Waals surface area contributed by atoms with Crippen LogP contribution in [0.3, 0.4) is 0 Å². The number of benzene rings is 3. The summed E-state index contributed by atoms with van der Waals surface area (Å²) in [5.74, 6) is -2.27. The molecule has 0 aliphatic carbocycles. The molecule has 0 aliphatic heterocycles. The monoisotopic (exact) mass is 720 g/mol. The number of hydrogen-bond donors (Lipinski definition) is 6. The smallest absolute Gasteiger partial charge is 0.252 e. The molecule has 0 bridgehead atoms. The van der Waals surface area contributed by atoms with E-state index in [0.29, 0.717) is 6.61 Å². The van der Waals surface area contributed by atoms with Crippen molar-refractivity contribution in [1.82, 2.24) is 20.6 Å². The maximum atomic E-state index is 13.7. The second kappa shape index (κ2) is 18.0. The molecule has 0 aliphatic rings. The number of aliphatic hydroxyl groups is 2. The normalized spacial score (nSPS) is 13.4. The number of aromatic nitrogens is 2. The first kappa shape index (κ1) is 38.3. The number of pyridine rings is 2.